The molecule has 0 fully saturated rings. The summed E-state index contributed by atoms with van der Waals surface area (Å²) in [4.78, 5) is 45.8. The minimum Gasteiger partial charge on any atom is -0.480 e. The molecule has 0 saturated heterocycles. The molecule has 138 valence electrons. The lowest BCUT2D eigenvalue weighted by atomic mass is 10.1. The molecule has 0 aromatic heterocycles. The van der Waals surface area contributed by atoms with Gasteiger partial charge < -0.3 is 38.0 Å². The van der Waals surface area contributed by atoms with Gasteiger partial charge in [0.15, 0.2) is 0 Å². The fourth-order valence-electron chi connectivity index (χ4n) is 1.79. The SMILES string of the molecule is NCCCCC(N)C(=O)NC(CC(N)=O)C(=O)NC(CO)C(=O)O. The van der Waals surface area contributed by atoms with Crippen molar-refractivity contribution in [3.05, 3.63) is 0 Å². The van der Waals surface area contributed by atoms with E-state index in [1.54, 1.807) is 0 Å². The summed E-state index contributed by atoms with van der Waals surface area (Å²) >= 11 is 0. The highest BCUT2D eigenvalue weighted by Gasteiger charge is 2.28. The van der Waals surface area contributed by atoms with Gasteiger partial charge in [0.05, 0.1) is 19.1 Å². The zero-order valence-electron chi connectivity index (χ0n) is 13.2. The van der Waals surface area contributed by atoms with Gasteiger partial charge in [-0.3, -0.25) is 14.4 Å². The van der Waals surface area contributed by atoms with Gasteiger partial charge in [-0.25, -0.2) is 4.79 Å². The van der Waals surface area contributed by atoms with Crippen LogP contribution in [0.15, 0.2) is 0 Å². The maximum Gasteiger partial charge on any atom is 0.328 e. The third-order valence-electron chi connectivity index (χ3n) is 3.14. The van der Waals surface area contributed by atoms with Crippen LogP contribution >= 0.6 is 0 Å². The quantitative estimate of drug-likeness (QED) is 0.174. The highest BCUT2D eigenvalue weighted by atomic mass is 16.4. The van der Waals surface area contributed by atoms with Gasteiger partial charge >= 0.3 is 5.97 Å². The van der Waals surface area contributed by atoms with Crippen LogP contribution in [-0.2, 0) is 19.2 Å². The molecule has 11 heteroatoms. The van der Waals surface area contributed by atoms with Gasteiger partial charge in [-0.15, -0.1) is 0 Å². The topological polar surface area (TPSA) is 211 Å². The molecule has 0 aliphatic heterocycles. The molecule has 0 bridgehead atoms. The van der Waals surface area contributed by atoms with E-state index in [9.17, 15) is 19.2 Å². The molecule has 3 unspecified atom stereocenters. The van der Waals surface area contributed by atoms with Crippen molar-refractivity contribution in [3.63, 3.8) is 0 Å². The van der Waals surface area contributed by atoms with Crippen molar-refractivity contribution in [2.24, 2.45) is 17.2 Å². The standard InChI is InChI=1S/C13H25N5O6/c14-4-2-1-3-7(15)11(21)17-8(5-10(16)20)12(22)18-9(6-19)13(23)24/h7-9,19H,1-6,14-15H2,(H2,16,20)(H,17,21)(H,18,22)(H,23,24). The molecule has 24 heavy (non-hydrogen) atoms. The summed E-state index contributed by atoms with van der Waals surface area (Å²) in [5.74, 6) is -3.97. The molecule has 0 aromatic carbocycles. The smallest absolute Gasteiger partial charge is 0.328 e. The van der Waals surface area contributed by atoms with Gasteiger partial charge in [0, 0.05) is 0 Å². The lowest BCUT2D eigenvalue weighted by Crippen LogP contribution is -2.56. The van der Waals surface area contributed by atoms with E-state index in [1.165, 1.54) is 0 Å². The monoisotopic (exact) mass is 347 g/mol. The van der Waals surface area contributed by atoms with Gasteiger partial charge in [-0.05, 0) is 19.4 Å². The molecule has 0 aromatic rings. The summed E-state index contributed by atoms with van der Waals surface area (Å²) in [6, 6.07) is -3.86. The second kappa shape index (κ2) is 11.3. The fraction of sp³-hybridized carbons (Fsp3) is 0.692. The van der Waals surface area contributed by atoms with E-state index < -0.39 is 54.8 Å². The van der Waals surface area contributed by atoms with Crippen molar-refractivity contribution < 1.29 is 29.4 Å². The van der Waals surface area contributed by atoms with Gasteiger partial charge in [-0.2, -0.15) is 0 Å². The van der Waals surface area contributed by atoms with Crippen molar-refractivity contribution >= 4 is 23.7 Å². The zero-order chi connectivity index (χ0) is 18.7. The summed E-state index contributed by atoms with van der Waals surface area (Å²) in [6.07, 6.45) is 1.10. The Labute approximate surface area is 138 Å². The number of nitrogens with one attached hydrogen (secondary N) is 2. The Hall–Kier alpha value is -2.24. The number of unbranched alkanes of at least 4 members (excludes halogenated alkanes) is 1. The summed E-state index contributed by atoms with van der Waals surface area (Å²) in [6.45, 7) is -0.393. The van der Waals surface area contributed by atoms with Crippen molar-refractivity contribution in [3.8, 4) is 0 Å². The van der Waals surface area contributed by atoms with Crippen molar-refractivity contribution in [2.45, 2.75) is 43.8 Å². The molecular weight excluding hydrogens is 322 g/mol. The Balaban J connectivity index is 4.81. The number of rotatable bonds is 12. The third-order valence-corrected chi connectivity index (χ3v) is 3.14. The van der Waals surface area contributed by atoms with Crippen LogP contribution in [0.1, 0.15) is 25.7 Å². The van der Waals surface area contributed by atoms with E-state index in [1.807, 2.05) is 5.32 Å². The molecule has 0 rings (SSSR count). The number of carboxylic acids is 1. The van der Waals surface area contributed by atoms with Crippen LogP contribution in [-0.4, -0.2) is 65.2 Å². The minimum atomic E-state index is -1.57. The maximum absolute atomic E-state index is 12.0. The minimum absolute atomic E-state index is 0.336. The van der Waals surface area contributed by atoms with Crippen molar-refractivity contribution in [1.29, 1.82) is 0 Å². The normalized spacial score (nSPS) is 14.3. The molecule has 0 radical (unpaired) electrons. The second-order valence-electron chi connectivity index (χ2n) is 5.20. The van der Waals surface area contributed by atoms with E-state index in [2.05, 4.69) is 5.32 Å². The zero-order valence-corrected chi connectivity index (χ0v) is 13.2. The Morgan fingerprint density at radius 1 is 1.00 bits per heavy atom. The maximum atomic E-state index is 12.0. The average Bonchev–Trinajstić information content (AvgIpc) is 2.50. The molecule has 0 saturated carbocycles. The molecule has 0 aliphatic carbocycles. The molecule has 11 nitrogen and oxygen atoms in total. The molecule has 0 spiro atoms. The summed E-state index contributed by atoms with van der Waals surface area (Å²) in [5, 5.41) is 21.9. The summed E-state index contributed by atoms with van der Waals surface area (Å²) in [7, 11) is 0. The van der Waals surface area contributed by atoms with E-state index in [4.69, 9.17) is 27.4 Å². The van der Waals surface area contributed by atoms with Crippen molar-refractivity contribution in [2.75, 3.05) is 13.2 Å². The molecule has 10 N–H and O–H groups in total. The molecule has 0 aliphatic rings. The third kappa shape index (κ3) is 8.41. The first kappa shape index (κ1) is 21.8. The number of carboxylic acid groups (broad SMARTS) is 1. The van der Waals surface area contributed by atoms with Crippen LogP contribution < -0.4 is 27.8 Å². The average molecular weight is 347 g/mol. The van der Waals surface area contributed by atoms with E-state index in [0.717, 1.165) is 0 Å². The van der Waals surface area contributed by atoms with E-state index in [-0.39, 0.29) is 0 Å². The number of carbonyl (C=O) groups excluding carboxylic acids is 3. The van der Waals surface area contributed by atoms with E-state index >= 15 is 0 Å². The Bertz CT molecular complexity index is 458. The Morgan fingerprint density at radius 3 is 2.04 bits per heavy atom. The fourth-order valence-corrected chi connectivity index (χ4v) is 1.79. The number of nitrogens with two attached hydrogens (primary N) is 3. The molecular formula is C13H25N5O6. The van der Waals surface area contributed by atoms with Gasteiger partial charge in [0.2, 0.25) is 17.7 Å². The number of aliphatic carboxylic acids is 1. The van der Waals surface area contributed by atoms with E-state index in [0.29, 0.717) is 25.8 Å². The Morgan fingerprint density at radius 2 is 1.58 bits per heavy atom. The number of primary amides is 1. The number of aliphatic hydroxyl groups excluding tert-OH is 1. The number of hydrogen-bond acceptors (Lipinski definition) is 7. The van der Waals surface area contributed by atoms with Crippen LogP contribution in [0, 0.1) is 0 Å². The molecule has 3 amide bonds. The number of hydrogen-bond donors (Lipinski definition) is 7. The molecule has 3 atom stereocenters. The largest absolute Gasteiger partial charge is 0.480 e. The lowest BCUT2D eigenvalue weighted by Gasteiger charge is -2.21. The van der Waals surface area contributed by atoms with Gasteiger partial charge in [0.25, 0.3) is 0 Å². The number of carbonyl (C=O) groups is 4. The predicted octanol–water partition coefficient (Wildman–Crippen LogP) is -3.64. The first-order chi connectivity index (χ1) is 11.2. The number of amides is 3. The van der Waals surface area contributed by atoms with Crippen LogP contribution in [0.3, 0.4) is 0 Å². The molecule has 0 heterocycles. The first-order valence-corrected chi connectivity index (χ1v) is 7.41. The van der Waals surface area contributed by atoms with Crippen LogP contribution in [0.2, 0.25) is 0 Å². The first-order valence-electron chi connectivity index (χ1n) is 7.41. The summed E-state index contributed by atoms with van der Waals surface area (Å²) in [5.41, 5.74) is 16.0. The highest BCUT2D eigenvalue weighted by Crippen LogP contribution is 2.01. The predicted molar refractivity (Wildman–Crippen MR) is 83.3 cm³/mol. The van der Waals surface area contributed by atoms with Crippen LogP contribution in [0.5, 0.6) is 0 Å². The Kier molecular flexibility index (Phi) is 10.3. The highest BCUT2D eigenvalue weighted by molar-refractivity contribution is 5.94. The van der Waals surface area contributed by atoms with Crippen molar-refractivity contribution in [1.82, 2.24) is 10.6 Å². The number of aliphatic hydroxyl groups is 1. The van der Waals surface area contributed by atoms with Gasteiger partial charge in [0.1, 0.15) is 12.1 Å². The summed E-state index contributed by atoms with van der Waals surface area (Å²) < 4.78 is 0. The van der Waals surface area contributed by atoms with Crippen LogP contribution in [0.25, 0.3) is 0 Å². The van der Waals surface area contributed by atoms with Gasteiger partial charge in [-0.1, -0.05) is 6.42 Å². The second-order valence-corrected chi connectivity index (χ2v) is 5.20. The lowest BCUT2D eigenvalue weighted by molar-refractivity contribution is -0.143. The van der Waals surface area contributed by atoms with Crippen LogP contribution in [0.4, 0.5) is 0 Å².